The van der Waals surface area contributed by atoms with Gasteiger partial charge in [0.1, 0.15) is 5.75 Å². The number of carbonyl (C=O) groups excluding carboxylic acids is 3. The fourth-order valence-electron chi connectivity index (χ4n) is 2.55. The van der Waals surface area contributed by atoms with Crippen molar-refractivity contribution in [3.8, 4) is 5.75 Å². The Kier molecular flexibility index (Phi) is 5.17. The monoisotopic (exact) mass is 354 g/mol. The van der Waals surface area contributed by atoms with E-state index in [9.17, 15) is 14.4 Å². The summed E-state index contributed by atoms with van der Waals surface area (Å²) in [7, 11) is 0. The molecule has 0 bridgehead atoms. The summed E-state index contributed by atoms with van der Waals surface area (Å²) in [6.45, 7) is 1.99. The van der Waals surface area contributed by atoms with Gasteiger partial charge in [0.15, 0.2) is 6.10 Å². The van der Waals surface area contributed by atoms with Gasteiger partial charge in [-0.3, -0.25) is 9.59 Å². The Balaban J connectivity index is 1.63. The van der Waals surface area contributed by atoms with E-state index in [2.05, 4.69) is 10.6 Å². The van der Waals surface area contributed by atoms with Crippen LogP contribution >= 0.6 is 0 Å². The fraction of sp³-hybridized carbons (Fsp3) is 0.211. The molecule has 1 heterocycles. The van der Waals surface area contributed by atoms with E-state index in [0.29, 0.717) is 22.7 Å². The second-order valence-corrected chi connectivity index (χ2v) is 5.65. The molecule has 0 aromatic heterocycles. The van der Waals surface area contributed by atoms with Crippen LogP contribution < -0.4 is 15.4 Å². The van der Waals surface area contributed by atoms with E-state index in [-0.39, 0.29) is 18.9 Å². The van der Waals surface area contributed by atoms with Crippen LogP contribution in [0.15, 0.2) is 48.5 Å². The molecule has 1 aliphatic rings. The van der Waals surface area contributed by atoms with Gasteiger partial charge in [-0.05, 0) is 37.3 Å². The normalized spacial score (nSPS) is 15.3. The number of esters is 1. The van der Waals surface area contributed by atoms with Crippen molar-refractivity contribution in [2.75, 3.05) is 17.2 Å². The van der Waals surface area contributed by atoms with Crippen molar-refractivity contribution < 1.29 is 23.9 Å². The van der Waals surface area contributed by atoms with E-state index in [1.807, 2.05) is 0 Å². The SMILES string of the molecule is CCOC(=O)c1cccc(NC(=O)C[C@H]2Oc3ccccc3NC2=O)c1. The molecule has 134 valence electrons. The lowest BCUT2D eigenvalue weighted by molar-refractivity contribution is -0.128. The number of ether oxygens (including phenoxy) is 2. The van der Waals surface area contributed by atoms with Crippen molar-refractivity contribution in [1.82, 2.24) is 0 Å². The van der Waals surface area contributed by atoms with E-state index >= 15 is 0 Å². The molecule has 2 aromatic rings. The summed E-state index contributed by atoms with van der Waals surface area (Å²) >= 11 is 0. The second-order valence-electron chi connectivity index (χ2n) is 5.65. The number of benzene rings is 2. The van der Waals surface area contributed by atoms with Gasteiger partial charge in [-0.1, -0.05) is 18.2 Å². The van der Waals surface area contributed by atoms with E-state index in [1.165, 1.54) is 6.07 Å². The predicted octanol–water partition coefficient (Wildman–Crippen LogP) is 2.59. The number of hydrogen-bond acceptors (Lipinski definition) is 5. The third-order valence-corrected chi connectivity index (χ3v) is 3.73. The van der Waals surface area contributed by atoms with Crippen LogP contribution in [-0.2, 0) is 14.3 Å². The number of nitrogens with one attached hydrogen (secondary N) is 2. The number of anilines is 2. The molecule has 7 heteroatoms. The summed E-state index contributed by atoms with van der Waals surface area (Å²) < 4.78 is 10.5. The molecular weight excluding hydrogens is 336 g/mol. The Morgan fingerprint density at radius 1 is 1.19 bits per heavy atom. The Morgan fingerprint density at radius 2 is 2.00 bits per heavy atom. The summed E-state index contributed by atoms with van der Waals surface area (Å²) in [6.07, 6.45) is -1.07. The molecule has 0 spiro atoms. The second kappa shape index (κ2) is 7.69. The minimum atomic E-state index is -0.918. The highest BCUT2D eigenvalue weighted by atomic mass is 16.5. The highest BCUT2D eigenvalue weighted by Crippen LogP contribution is 2.29. The molecule has 2 N–H and O–H groups in total. The lowest BCUT2D eigenvalue weighted by atomic mass is 10.1. The molecule has 0 aliphatic carbocycles. The highest BCUT2D eigenvalue weighted by Gasteiger charge is 2.29. The lowest BCUT2D eigenvalue weighted by Gasteiger charge is -2.25. The summed E-state index contributed by atoms with van der Waals surface area (Å²) in [5.74, 6) is -0.714. The van der Waals surface area contributed by atoms with Crippen molar-refractivity contribution in [2.24, 2.45) is 0 Å². The Morgan fingerprint density at radius 3 is 2.81 bits per heavy atom. The zero-order valence-corrected chi connectivity index (χ0v) is 14.2. The summed E-state index contributed by atoms with van der Waals surface area (Å²) in [5, 5.41) is 5.38. The Hall–Kier alpha value is -3.35. The van der Waals surface area contributed by atoms with Crippen LogP contribution in [0.5, 0.6) is 5.75 Å². The minimum absolute atomic E-state index is 0.149. The molecule has 26 heavy (non-hydrogen) atoms. The average Bonchev–Trinajstić information content (AvgIpc) is 2.62. The van der Waals surface area contributed by atoms with Crippen LogP contribution in [0.4, 0.5) is 11.4 Å². The van der Waals surface area contributed by atoms with Crippen LogP contribution in [-0.4, -0.2) is 30.5 Å². The highest BCUT2D eigenvalue weighted by molar-refractivity contribution is 6.02. The summed E-state index contributed by atoms with van der Waals surface area (Å²) in [4.78, 5) is 36.1. The molecule has 1 atom stereocenters. The minimum Gasteiger partial charge on any atom is -0.478 e. The molecular formula is C19H18N2O5. The fourth-order valence-corrected chi connectivity index (χ4v) is 2.55. The Labute approximate surface area is 150 Å². The zero-order valence-electron chi connectivity index (χ0n) is 14.2. The molecule has 3 rings (SSSR count). The molecule has 0 saturated carbocycles. The maximum Gasteiger partial charge on any atom is 0.338 e. The first kappa shape index (κ1) is 17.5. The van der Waals surface area contributed by atoms with Crippen molar-refractivity contribution >= 4 is 29.2 Å². The number of amides is 2. The van der Waals surface area contributed by atoms with Crippen molar-refractivity contribution in [2.45, 2.75) is 19.4 Å². The van der Waals surface area contributed by atoms with Gasteiger partial charge >= 0.3 is 5.97 Å². The topological polar surface area (TPSA) is 93.7 Å². The average molecular weight is 354 g/mol. The first-order valence-electron chi connectivity index (χ1n) is 8.20. The van der Waals surface area contributed by atoms with Gasteiger partial charge in [0.2, 0.25) is 5.91 Å². The first-order chi connectivity index (χ1) is 12.6. The van der Waals surface area contributed by atoms with Gasteiger partial charge in [-0.25, -0.2) is 4.79 Å². The van der Waals surface area contributed by atoms with Crippen molar-refractivity contribution in [1.29, 1.82) is 0 Å². The Bertz CT molecular complexity index is 849. The quantitative estimate of drug-likeness (QED) is 0.805. The van der Waals surface area contributed by atoms with Gasteiger partial charge in [-0.15, -0.1) is 0 Å². The summed E-state index contributed by atoms with van der Waals surface area (Å²) in [5.41, 5.74) is 1.36. The smallest absolute Gasteiger partial charge is 0.338 e. The van der Waals surface area contributed by atoms with Crippen LogP contribution in [0.3, 0.4) is 0 Å². The van der Waals surface area contributed by atoms with Crippen LogP contribution in [0, 0.1) is 0 Å². The molecule has 0 fully saturated rings. The third kappa shape index (κ3) is 4.00. The molecule has 1 aliphatic heterocycles. The molecule has 0 unspecified atom stereocenters. The lowest BCUT2D eigenvalue weighted by Crippen LogP contribution is -2.39. The number of hydrogen-bond donors (Lipinski definition) is 2. The first-order valence-corrected chi connectivity index (χ1v) is 8.20. The van der Waals surface area contributed by atoms with Gasteiger partial charge in [0.05, 0.1) is 24.3 Å². The zero-order chi connectivity index (χ0) is 18.5. The molecule has 0 radical (unpaired) electrons. The van der Waals surface area contributed by atoms with Gasteiger partial charge in [-0.2, -0.15) is 0 Å². The molecule has 0 saturated heterocycles. The van der Waals surface area contributed by atoms with E-state index in [0.717, 1.165) is 0 Å². The van der Waals surface area contributed by atoms with Crippen molar-refractivity contribution in [3.63, 3.8) is 0 Å². The maximum atomic E-state index is 12.3. The van der Waals surface area contributed by atoms with Crippen LogP contribution in [0.2, 0.25) is 0 Å². The molecule has 2 amide bonds. The number of fused-ring (bicyclic) bond motifs is 1. The predicted molar refractivity (Wildman–Crippen MR) is 95.1 cm³/mol. The third-order valence-electron chi connectivity index (χ3n) is 3.73. The van der Waals surface area contributed by atoms with Crippen LogP contribution in [0.1, 0.15) is 23.7 Å². The largest absolute Gasteiger partial charge is 0.478 e. The van der Waals surface area contributed by atoms with E-state index in [4.69, 9.17) is 9.47 Å². The van der Waals surface area contributed by atoms with E-state index in [1.54, 1.807) is 49.4 Å². The molecule has 2 aromatic carbocycles. The van der Waals surface area contributed by atoms with Gasteiger partial charge in [0.25, 0.3) is 5.91 Å². The standard InChI is InChI=1S/C19H18N2O5/c1-2-25-19(24)12-6-5-7-13(10-12)20-17(22)11-16-18(23)21-14-8-3-4-9-15(14)26-16/h3-10,16H,2,11H2,1H3,(H,20,22)(H,21,23)/t16-/m1/s1. The van der Waals surface area contributed by atoms with Gasteiger partial charge < -0.3 is 20.1 Å². The van der Waals surface area contributed by atoms with Crippen molar-refractivity contribution in [3.05, 3.63) is 54.1 Å². The van der Waals surface area contributed by atoms with Crippen LogP contribution in [0.25, 0.3) is 0 Å². The summed E-state index contributed by atoms with van der Waals surface area (Å²) in [6, 6.07) is 13.4. The van der Waals surface area contributed by atoms with Gasteiger partial charge in [0, 0.05) is 5.69 Å². The number of para-hydroxylation sites is 2. The van der Waals surface area contributed by atoms with E-state index < -0.39 is 18.0 Å². The maximum absolute atomic E-state index is 12.3. The number of carbonyl (C=O) groups is 3. The molecule has 7 nitrogen and oxygen atoms in total. The number of rotatable bonds is 5.